The summed E-state index contributed by atoms with van der Waals surface area (Å²) in [5.74, 6) is 1.74. The molecular weight excluding hydrogens is 240 g/mol. The zero-order chi connectivity index (χ0) is 13.9. The molecule has 0 fully saturated rings. The van der Waals surface area contributed by atoms with Crippen LogP contribution in [0.1, 0.15) is 30.9 Å². The Kier molecular flexibility index (Phi) is 3.56. The zero-order valence-corrected chi connectivity index (χ0v) is 12.0. The molecule has 0 saturated heterocycles. The molecule has 0 amide bonds. The summed E-state index contributed by atoms with van der Waals surface area (Å²) in [7, 11) is 0. The predicted molar refractivity (Wildman–Crippen MR) is 85.5 cm³/mol. The van der Waals surface area contributed by atoms with Crippen molar-refractivity contribution in [2.75, 3.05) is 0 Å². The molecule has 0 heteroatoms. The highest BCUT2D eigenvalue weighted by molar-refractivity contribution is 5.55. The first-order chi connectivity index (χ1) is 9.77. The van der Waals surface area contributed by atoms with Gasteiger partial charge in [-0.15, -0.1) is 0 Å². The van der Waals surface area contributed by atoms with E-state index in [1.165, 1.54) is 28.2 Å². The number of hydrogen-bond acceptors (Lipinski definition) is 0. The minimum absolute atomic E-state index is 0.325. The van der Waals surface area contributed by atoms with Gasteiger partial charge in [0.25, 0.3) is 0 Å². The lowest BCUT2D eigenvalue weighted by atomic mass is 9.78. The van der Waals surface area contributed by atoms with Crippen LogP contribution >= 0.6 is 0 Å². The number of rotatable bonds is 3. The van der Waals surface area contributed by atoms with Crippen molar-refractivity contribution < 1.29 is 0 Å². The lowest BCUT2D eigenvalue weighted by molar-refractivity contribution is 0.880. The van der Waals surface area contributed by atoms with Gasteiger partial charge in [0.15, 0.2) is 0 Å². The summed E-state index contributed by atoms with van der Waals surface area (Å²) in [5.41, 5.74) is 5.49. The van der Waals surface area contributed by atoms with E-state index in [1.54, 1.807) is 0 Å². The van der Waals surface area contributed by atoms with Gasteiger partial charge in [0.2, 0.25) is 0 Å². The molecule has 1 radical (unpaired) electrons. The van der Waals surface area contributed by atoms with Crippen LogP contribution in [0, 0.1) is 5.92 Å². The van der Waals surface area contributed by atoms with Crippen LogP contribution in [0.2, 0.25) is 0 Å². The maximum absolute atomic E-state index is 2.27. The van der Waals surface area contributed by atoms with E-state index in [4.69, 9.17) is 0 Å². The first-order valence-corrected chi connectivity index (χ1v) is 7.10. The lowest BCUT2D eigenvalue weighted by Gasteiger charge is -2.24. The van der Waals surface area contributed by atoms with Crippen molar-refractivity contribution >= 4 is 0 Å². The van der Waals surface area contributed by atoms with Crippen molar-refractivity contribution in [3.63, 3.8) is 0 Å². The Hall–Kier alpha value is -2.08. The minimum atomic E-state index is 0.325. The van der Waals surface area contributed by atoms with Gasteiger partial charge in [-0.2, -0.15) is 0 Å². The minimum Gasteiger partial charge on any atom is -0.0719 e. The maximum Gasteiger partial charge on any atom is 0.0344 e. The van der Waals surface area contributed by atoms with Crippen molar-refractivity contribution in [2.24, 2.45) is 0 Å². The molecule has 1 aliphatic rings. The third-order valence-electron chi connectivity index (χ3n) is 4.11. The van der Waals surface area contributed by atoms with E-state index >= 15 is 0 Å². The molecule has 0 spiro atoms. The fourth-order valence-electron chi connectivity index (χ4n) is 2.85. The van der Waals surface area contributed by atoms with Crippen LogP contribution in [0.15, 0.2) is 84.0 Å². The summed E-state index contributed by atoms with van der Waals surface area (Å²) in [6.07, 6.45) is 4.50. The molecule has 0 aliphatic heterocycles. The van der Waals surface area contributed by atoms with Crippen LogP contribution in [0.25, 0.3) is 0 Å². The summed E-state index contributed by atoms with van der Waals surface area (Å²) in [4.78, 5) is 0. The van der Waals surface area contributed by atoms with Crippen molar-refractivity contribution in [1.82, 2.24) is 0 Å². The van der Waals surface area contributed by atoms with Crippen LogP contribution in [0.3, 0.4) is 0 Å². The van der Waals surface area contributed by atoms with Crippen LogP contribution in [0.5, 0.6) is 0 Å². The molecule has 1 aliphatic carbocycles. The molecule has 0 nitrogen and oxygen atoms in total. The Labute approximate surface area is 121 Å². The highest BCUT2D eigenvalue weighted by Crippen LogP contribution is 2.42. The van der Waals surface area contributed by atoms with E-state index in [9.17, 15) is 0 Å². The van der Waals surface area contributed by atoms with Gasteiger partial charge in [0.05, 0.1) is 0 Å². The van der Waals surface area contributed by atoms with Crippen molar-refractivity contribution in [2.45, 2.75) is 19.8 Å². The van der Waals surface area contributed by atoms with Gasteiger partial charge < -0.3 is 0 Å². The van der Waals surface area contributed by atoms with Crippen LogP contribution < -0.4 is 0 Å². The van der Waals surface area contributed by atoms with Crippen LogP contribution in [-0.4, -0.2) is 0 Å². The van der Waals surface area contributed by atoms with Gasteiger partial charge in [-0.3, -0.25) is 0 Å². The maximum atomic E-state index is 2.27. The monoisotopic (exact) mass is 259 g/mol. The molecule has 2 aromatic carbocycles. The quantitative estimate of drug-likeness (QED) is 0.701. The Bertz CT molecular complexity index is 593. The van der Waals surface area contributed by atoms with Crippen molar-refractivity contribution in [3.05, 3.63) is 101 Å². The van der Waals surface area contributed by atoms with Crippen molar-refractivity contribution in [1.29, 1.82) is 0 Å². The SMILES string of the molecule is CC1=C(C)[C](C(c2ccccc2)c2ccccc2)C=C1. The molecule has 0 heterocycles. The third-order valence-corrected chi connectivity index (χ3v) is 4.11. The second-order valence-electron chi connectivity index (χ2n) is 5.35. The molecular formula is C20H19. The highest BCUT2D eigenvalue weighted by Gasteiger charge is 2.27. The summed E-state index contributed by atoms with van der Waals surface area (Å²) in [6.45, 7) is 4.41. The topological polar surface area (TPSA) is 0 Å². The molecule has 0 aromatic heterocycles. The fourth-order valence-corrected chi connectivity index (χ4v) is 2.85. The molecule has 0 unspecified atom stereocenters. The average molecular weight is 259 g/mol. The Morgan fingerprint density at radius 2 is 1.15 bits per heavy atom. The van der Waals surface area contributed by atoms with Crippen LogP contribution in [0.4, 0.5) is 0 Å². The highest BCUT2D eigenvalue weighted by atomic mass is 14.3. The molecule has 20 heavy (non-hydrogen) atoms. The number of benzene rings is 2. The largest absolute Gasteiger partial charge is 0.0719 e. The Balaban J connectivity index is 2.08. The number of allylic oxidation sites excluding steroid dienone is 4. The summed E-state index contributed by atoms with van der Waals surface area (Å²) < 4.78 is 0. The van der Waals surface area contributed by atoms with Crippen LogP contribution in [-0.2, 0) is 0 Å². The Morgan fingerprint density at radius 1 is 0.650 bits per heavy atom. The summed E-state index contributed by atoms with van der Waals surface area (Å²) in [6, 6.07) is 21.5. The second kappa shape index (κ2) is 5.50. The fraction of sp³-hybridized carbons (Fsp3) is 0.150. The number of hydrogen-bond donors (Lipinski definition) is 0. The molecule has 0 N–H and O–H groups in total. The molecule has 0 saturated carbocycles. The Morgan fingerprint density at radius 3 is 1.55 bits per heavy atom. The second-order valence-corrected chi connectivity index (χ2v) is 5.35. The molecule has 99 valence electrons. The smallest absolute Gasteiger partial charge is 0.0344 e. The molecule has 3 rings (SSSR count). The molecule has 2 aromatic rings. The van der Waals surface area contributed by atoms with Crippen molar-refractivity contribution in [3.8, 4) is 0 Å². The van der Waals surface area contributed by atoms with E-state index < -0.39 is 0 Å². The van der Waals surface area contributed by atoms with Gasteiger partial charge in [-0.05, 0) is 25.0 Å². The normalized spacial score (nSPS) is 15.3. The van der Waals surface area contributed by atoms with Gasteiger partial charge in [-0.25, -0.2) is 0 Å². The zero-order valence-electron chi connectivity index (χ0n) is 12.0. The van der Waals surface area contributed by atoms with Gasteiger partial charge in [0.1, 0.15) is 0 Å². The predicted octanol–water partition coefficient (Wildman–Crippen LogP) is 5.30. The molecule has 0 bridgehead atoms. The average Bonchev–Trinajstić information content (AvgIpc) is 2.82. The molecule has 0 atom stereocenters. The first kappa shape index (κ1) is 12.9. The summed E-state index contributed by atoms with van der Waals surface area (Å²) in [5, 5.41) is 0. The van der Waals surface area contributed by atoms with E-state index in [-0.39, 0.29) is 0 Å². The first-order valence-electron chi connectivity index (χ1n) is 7.10. The van der Waals surface area contributed by atoms with E-state index in [0.29, 0.717) is 5.92 Å². The van der Waals surface area contributed by atoms with Gasteiger partial charge in [-0.1, -0.05) is 84.0 Å². The van der Waals surface area contributed by atoms with E-state index in [2.05, 4.69) is 86.7 Å². The third kappa shape index (κ3) is 2.34. The standard InChI is InChI=1S/C20H19/c1-15-13-14-19(16(15)2)20(17-9-5-3-6-10-17)18-11-7-4-8-12-18/h3-14,20H,1-2H3. The van der Waals surface area contributed by atoms with Gasteiger partial charge >= 0.3 is 0 Å². The summed E-state index contributed by atoms with van der Waals surface area (Å²) >= 11 is 0. The van der Waals surface area contributed by atoms with E-state index in [1.807, 2.05) is 0 Å². The van der Waals surface area contributed by atoms with Gasteiger partial charge in [0, 0.05) is 11.8 Å². The lowest BCUT2D eigenvalue weighted by Crippen LogP contribution is -2.10. The van der Waals surface area contributed by atoms with E-state index in [0.717, 1.165) is 0 Å².